The summed E-state index contributed by atoms with van der Waals surface area (Å²) in [7, 11) is 0. The number of hydrogen-bond acceptors (Lipinski definition) is 10. The van der Waals surface area contributed by atoms with Gasteiger partial charge < -0.3 is 32.9 Å². The Balaban J connectivity index is 0.000000233. The van der Waals surface area contributed by atoms with Crippen LogP contribution in [0.5, 0.6) is 0 Å². The van der Waals surface area contributed by atoms with Crippen LogP contribution in [0.25, 0.3) is 45.3 Å². The Labute approximate surface area is 269 Å². The van der Waals surface area contributed by atoms with E-state index in [1.165, 1.54) is 0 Å². The molecular formula is C30H26BrFN12O2. The molecular weight excluding hydrogens is 659 g/mol. The molecule has 6 rings (SSSR count). The lowest BCUT2D eigenvalue weighted by molar-refractivity contribution is 0.0992. The van der Waals surface area contributed by atoms with Crippen molar-refractivity contribution in [3.63, 3.8) is 0 Å². The number of amides is 2. The van der Waals surface area contributed by atoms with E-state index in [2.05, 4.69) is 45.8 Å². The summed E-state index contributed by atoms with van der Waals surface area (Å²) in [6, 6.07) is 24.0. The van der Waals surface area contributed by atoms with Gasteiger partial charge in [0.2, 0.25) is 11.9 Å². The minimum Gasteiger partial charge on any atom is -0.368 e. The molecule has 0 bridgehead atoms. The van der Waals surface area contributed by atoms with Crippen LogP contribution in [0.1, 0.15) is 20.7 Å². The van der Waals surface area contributed by atoms with Crippen LogP contribution in [-0.4, -0.2) is 41.7 Å². The summed E-state index contributed by atoms with van der Waals surface area (Å²) in [5, 5.41) is 12.0. The smallest absolute Gasteiger partial charge is 0.250 e. The Hall–Kier alpha value is -6.47. The molecule has 0 aliphatic carbocycles. The third kappa shape index (κ3) is 7.72. The van der Waals surface area contributed by atoms with Gasteiger partial charge in [0.05, 0.1) is 44.1 Å². The average Bonchev–Trinajstić information content (AvgIpc) is 3.71. The molecule has 0 saturated carbocycles. The summed E-state index contributed by atoms with van der Waals surface area (Å²) in [4.78, 5) is 45.8. The molecule has 0 saturated heterocycles. The number of nitrogen functional groups attached to an aromatic ring is 2. The molecule has 10 N–H and O–H groups in total. The number of H-pyrrole nitrogens is 2. The third-order valence-corrected chi connectivity index (χ3v) is 6.84. The first kappa shape index (κ1) is 34.0. The zero-order chi connectivity index (χ0) is 32.5. The maximum absolute atomic E-state index is 11.7. The van der Waals surface area contributed by atoms with Crippen LogP contribution >= 0.6 is 15.9 Å². The average molecular weight is 686 g/mol. The van der Waals surface area contributed by atoms with Crippen molar-refractivity contribution >= 4 is 39.6 Å². The lowest BCUT2D eigenvalue weighted by Gasteiger charge is -2.02. The molecule has 0 atom stereocenters. The largest absolute Gasteiger partial charge is 0.368 e. The van der Waals surface area contributed by atoms with Gasteiger partial charge in [-0.2, -0.15) is 0 Å². The molecule has 4 aromatic heterocycles. The zero-order valence-electron chi connectivity index (χ0n) is 23.8. The molecule has 6 aromatic rings. The number of nitrogens with zero attached hydrogens (tertiary/aromatic N) is 6. The highest BCUT2D eigenvalue weighted by Gasteiger charge is 2.18. The zero-order valence-corrected chi connectivity index (χ0v) is 25.3. The number of aromatic amines is 2. The van der Waals surface area contributed by atoms with E-state index in [9.17, 15) is 9.59 Å². The summed E-state index contributed by atoms with van der Waals surface area (Å²) >= 11 is 3.38. The van der Waals surface area contributed by atoms with Gasteiger partial charge in [0.1, 0.15) is 5.69 Å². The number of carbonyl (C=O) groups excluding carboxylic acids is 2. The molecule has 2 aromatic carbocycles. The van der Waals surface area contributed by atoms with Gasteiger partial charge in [-0.1, -0.05) is 60.7 Å². The minimum absolute atomic E-state index is 0. The fourth-order valence-corrected chi connectivity index (χ4v) is 4.73. The molecule has 0 aliphatic heterocycles. The van der Waals surface area contributed by atoms with Gasteiger partial charge in [-0.25, -0.2) is 19.9 Å². The first-order valence-electron chi connectivity index (χ1n) is 12.9. The van der Waals surface area contributed by atoms with Crippen LogP contribution in [0.4, 0.5) is 16.6 Å². The number of aromatic nitrogens is 6. The van der Waals surface area contributed by atoms with Crippen LogP contribution < -0.4 is 22.9 Å². The van der Waals surface area contributed by atoms with Crippen molar-refractivity contribution in [3.05, 3.63) is 107 Å². The van der Waals surface area contributed by atoms with Crippen LogP contribution in [0.2, 0.25) is 0 Å². The van der Waals surface area contributed by atoms with Crippen molar-refractivity contribution in [2.24, 2.45) is 11.5 Å². The highest BCUT2D eigenvalue weighted by Crippen LogP contribution is 2.32. The second-order valence-electron chi connectivity index (χ2n) is 9.13. The summed E-state index contributed by atoms with van der Waals surface area (Å²) in [6.07, 6.45) is 3.12. The molecule has 2 amide bonds. The minimum atomic E-state index is -0.514. The number of anilines is 2. The third-order valence-electron chi connectivity index (χ3n) is 6.26. The van der Waals surface area contributed by atoms with Gasteiger partial charge in [-0.05, 0) is 45.3 Å². The fraction of sp³-hybridized carbons (Fsp3) is 0. The van der Waals surface area contributed by atoms with Gasteiger partial charge in [0.25, 0.3) is 11.8 Å². The highest BCUT2D eigenvalue weighted by molar-refractivity contribution is 9.10. The number of nitrogens with one attached hydrogen (secondary N) is 2. The van der Waals surface area contributed by atoms with Crippen molar-refractivity contribution < 1.29 is 14.3 Å². The number of carbonyl (C=O) groups is 2. The Morgan fingerprint density at radius 2 is 1.17 bits per heavy atom. The van der Waals surface area contributed by atoms with E-state index in [1.54, 1.807) is 30.6 Å². The Morgan fingerprint density at radius 3 is 1.67 bits per heavy atom. The molecule has 0 unspecified atom stereocenters. The highest BCUT2D eigenvalue weighted by atomic mass is 79.9. The predicted octanol–water partition coefficient (Wildman–Crippen LogP) is 4.58. The van der Waals surface area contributed by atoms with Crippen molar-refractivity contribution in [1.29, 1.82) is 10.8 Å². The molecule has 0 aliphatic rings. The number of nitrogens with two attached hydrogens (primary N) is 4. The van der Waals surface area contributed by atoms with Gasteiger partial charge in [-0.3, -0.25) is 14.3 Å². The lowest BCUT2D eigenvalue weighted by atomic mass is 10.1. The molecule has 0 spiro atoms. The lowest BCUT2D eigenvalue weighted by Crippen LogP contribution is -2.11. The summed E-state index contributed by atoms with van der Waals surface area (Å²) in [6.45, 7) is 0. The Morgan fingerprint density at radius 1 is 0.696 bits per heavy atom. The monoisotopic (exact) mass is 684 g/mol. The molecule has 232 valence electrons. The SMILES string of the molecule is F.N#N.NC(=O)c1cc(-c2ccnc(N)n2)[nH]c1-c1ccccc1.NC(=O)c1cc(-c2nc(N)ncc2Br)[nH]c1-c1ccccc1. The molecule has 0 fully saturated rings. The topological polar surface area (TPSA) is 269 Å². The Kier molecular flexibility index (Phi) is 11.3. The van der Waals surface area contributed by atoms with Crippen molar-refractivity contribution in [2.75, 3.05) is 11.5 Å². The molecule has 14 nitrogen and oxygen atoms in total. The number of rotatable bonds is 6. The normalized spacial score (nSPS) is 9.89. The van der Waals surface area contributed by atoms with Crippen LogP contribution in [-0.2, 0) is 0 Å². The first-order chi connectivity index (χ1) is 21.7. The van der Waals surface area contributed by atoms with E-state index >= 15 is 0 Å². The van der Waals surface area contributed by atoms with Crippen LogP contribution in [0.15, 0.2) is 95.7 Å². The van der Waals surface area contributed by atoms with E-state index in [4.69, 9.17) is 33.7 Å². The molecule has 46 heavy (non-hydrogen) atoms. The number of benzene rings is 2. The summed E-state index contributed by atoms with van der Waals surface area (Å²) in [5.41, 5.74) is 28.5. The maximum Gasteiger partial charge on any atom is 0.250 e. The van der Waals surface area contributed by atoms with Crippen LogP contribution in [0.3, 0.4) is 0 Å². The maximum atomic E-state index is 11.7. The fourth-order valence-electron chi connectivity index (χ4n) is 4.32. The summed E-state index contributed by atoms with van der Waals surface area (Å²) < 4.78 is 0.665. The molecule has 16 heteroatoms. The van der Waals surface area contributed by atoms with Crippen LogP contribution in [0, 0.1) is 10.8 Å². The second kappa shape index (κ2) is 15.3. The van der Waals surface area contributed by atoms with Crippen molar-refractivity contribution in [1.82, 2.24) is 29.9 Å². The molecule has 0 radical (unpaired) electrons. The standard InChI is InChI=1S/C15H12BrN5O.C15H13N5O.FH.N2/c16-10-7-19-15(18)21-13(10)11-6-9(14(17)22)12(20-11)8-4-2-1-3-5-8;16-14(21)10-8-12(11-6-7-18-15(17)20-11)19-13(10)9-4-2-1-3-5-9;;1-2/h1-7,20H,(H2,17,22)(H2,18,19,21);1-8,19H,(H2,16,21)(H2,17,18,20);1H;. The number of halogens is 2. The van der Waals surface area contributed by atoms with Gasteiger partial charge >= 0.3 is 0 Å². The summed E-state index contributed by atoms with van der Waals surface area (Å²) in [5.74, 6) is -0.698. The van der Waals surface area contributed by atoms with E-state index < -0.39 is 11.8 Å². The molecule has 4 heterocycles. The van der Waals surface area contributed by atoms with E-state index in [0.29, 0.717) is 49.8 Å². The second-order valence-corrected chi connectivity index (χ2v) is 9.98. The van der Waals surface area contributed by atoms with Gasteiger partial charge in [0, 0.05) is 23.2 Å². The first-order valence-corrected chi connectivity index (χ1v) is 13.7. The quantitative estimate of drug-likeness (QED) is 0.133. The number of hydrogen-bond donors (Lipinski definition) is 6. The van der Waals surface area contributed by atoms with Crippen molar-refractivity contribution in [3.8, 4) is 45.3 Å². The van der Waals surface area contributed by atoms with Gasteiger partial charge in [-0.15, -0.1) is 0 Å². The van der Waals surface area contributed by atoms with Crippen molar-refractivity contribution in [2.45, 2.75) is 0 Å². The van der Waals surface area contributed by atoms with E-state index in [-0.39, 0.29) is 16.6 Å². The van der Waals surface area contributed by atoms with Gasteiger partial charge in [0.15, 0.2) is 0 Å². The number of primary amides is 2. The van der Waals surface area contributed by atoms with E-state index in [0.717, 1.165) is 11.1 Å². The van der Waals surface area contributed by atoms with E-state index in [1.807, 2.05) is 60.7 Å². The predicted molar refractivity (Wildman–Crippen MR) is 174 cm³/mol. The Bertz CT molecular complexity index is 1980.